The zero-order chi connectivity index (χ0) is 18.9. The molecule has 1 saturated heterocycles. The van der Waals surface area contributed by atoms with Gasteiger partial charge in [0.15, 0.2) is 0 Å². The number of benzene rings is 1. The monoisotopic (exact) mass is 362 g/mol. The molecular weight excluding hydrogens is 335 g/mol. The van der Waals surface area contributed by atoms with Crippen molar-refractivity contribution in [2.75, 3.05) is 19.7 Å². The summed E-state index contributed by atoms with van der Waals surface area (Å²) < 4.78 is 18.3. The Balaban J connectivity index is 1.64. The molecule has 0 radical (unpaired) electrons. The quantitative estimate of drug-likeness (QED) is 0.895. The van der Waals surface area contributed by atoms with Crippen molar-refractivity contribution in [1.82, 2.24) is 10.2 Å². The van der Waals surface area contributed by atoms with Crippen LogP contribution in [0.5, 0.6) is 0 Å². The number of halogens is 1. The van der Waals surface area contributed by atoms with Crippen LogP contribution in [-0.4, -0.2) is 42.6 Å². The van der Waals surface area contributed by atoms with Gasteiger partial charge in [0, 0.05) is 19.1 Å². The lowest BCUT2D eigenvalue weighted by Crippen LogP contribution is -2.49. The molecule has 6 heteroatoms. The first-order chi connectivity index (χ1) is 12.3. The molecule has 26 heavy (non-hydrogen) atoms. The van der Waals surface area contributed by atoms with E-state index >= 15 is 0 Å². The van der Waals surface area contributed by atoms with Crippen LogP contribution in [0.1, 0.15) is 45.6 Å². The molecule has 2 amide bonds. The Kier molecular flexibility index (Phi) is 4.95. The Morgan fingerprint density at radius 2 is 1.81 bits per heavy atom. The van der Waals surface area contributed by atoms with Crippen molar-refractivity contribution in [1.29, 1.82) is 0 Å². The van der Waals surface area contributed by atoms with Crippen LogP contribution in [0, 0.1) is 11.2 Å². The third kappa shape index (κ3) is 3.29. The summed E-state index contributed by atoms with van der Waals surface area (Å²) in [5.74, 6) is -0.294. The van der Waals surface area contributed by atoms with Crippen molar-refractivity contribution in [2.24, 2.45) is 5.41 Å². The fourth-order valence-corrected chi connectivity index (χ4v) is 4.09. The van der Waals surface area contributed by atoms with Crippen molar-refractivity contribution < 1.29 is 18.7 Å². The lowest BCUT2D eigenvalue weighted by molar-refractivity contribution is -0.125. The summed E-state index contributed by atoms with van der Waals surface area (Å²) in [6, 6.07) is 6.30. The van der Waals surface area contributed by atoms with E-state index in [2.05, 4.69) is 19.2 Å². The number of piperidine rings is 1. The zero-order valence-electron chi connectivity index (χ0n) is 15.7. The van der Waals surface area contributed by atoms with E-state index in [0.29, 0.717) is 32.5 Å². The summed E-state index contributed by atoms with van der Waals surface area (Å²) in [7, 11) is 0. The molecule has 0 aromatic heterocycles. The molecule has 1 N–H and O–H groups in total. The van der Waals surface area contributed by atoms with Crippen LogP contribution in [0.25, 0.3) is 0 Å². The Morgan fingerprint density at radius 3 is 2.31 bits per heavy atom. The lowest BCUT2D eigenvalue weighted by Gasteiger charge is -2.33. The maximum atomic E-state index is 13.3. The number of carbonyl (C=O) groups is 2. The highest BCUT2D eigenvalue weighted by atomic mass is 19.1. The molecule has 0 spiro atoms. The fourth-order valence-electron chi connectivity index (χ4n) is 4.09. The van der Waals surface area contributed by atoms with Crippen LogP contribution in [0.3, 0.4) is 0 Å². The molecule has 142 valence electrons. The first kappa shape index (κ1) is 18.7. The van der Waals surface area contributed by atoms with Crippen LogP contribution in [0.2, 0.25) is 0 Å². The molecule has 1 aromatic rings. The number of likely N-dealkylation sites (tertiary alicyclic amines) is 1. The van der Waals surface area contributed by atoms with E-state index in [9.17, 15) is 14.0 Å². The second kappa shape index (κ2) is 6.89. The topological polar surface area (TPSA) is 58.6 Å². The molecule has 1 aromatic carbocycles. The normalized spacial score (nSPS) is 24.8. The van der Waals surface area contributed by atoms with Crippen molar-refractivity contribution in [3.63, 3.8) is 0 Å². The minimum atomic E-state index is -0.598. The first-order valence-electron chi connectivity index (χ1n) is 9.29. The molecule has 0 unspecified atom stereocenters. The van der Waals surface area contributed by atoms with Crippen molar-refractivity contribution in [3.8, 4) is 0 Å². The van der Waals surface area contributed by atoms with E-state index in [1.54, 1.807) is 24.0 Å². The molecule has 1 atom stereocenters. The summed E-state index contributed by atoms with van der Waals surface area (Å²) in [5.41, 5.74) is 0.116. The van der Waals surface area contributed by atoms with E-state index in [0.717, 1.165) is 12.0 Å². The van der Waals surface area contributed by atoms with Gasteiger partial charge in [-0.15, -0.1) is 0 Å². The first-order valence-corrected chi connectivity index (χ1v) is 9.29. The van der Waals surface area contributed by atoms with E-state index in [4.69, 9.17) is 4.74 Å². The van der Waals surface area contributed by atoms with Gasteiger partial charge in [-0.1, -0.05) is 26.0 Å². The fraction of sp³-hybridized carbons (Fsp3) is 0.600. The highest BCUT2D eigenvalue weighted by Gasteiger charge is 2.67. The number of carbonyl (C=O) groups excluding carboxylic acids is 2. The molecule has 5 nitrogen and oxygen atoms in total. The van der Waals surface area contributed by atoms with Crippen LogP contribution in [0.4, 0.5) is 9.18 Å². The summed E-state index contributed by atoms with van der Waals surface area (Å²) in [5, 5.41) is 3.17. The van der Waals surface area contributed by atoms with Crippen LogP contribution >= 0.6 is 0 Å². The average molecular weight is 362 g/mol. The van der Waals surface area contributed by atoms with Crippen LogP contribution in [-0.2, 0) is 14.9 Å². The van der Waals surface area contributed by atoms with E-state index in [1.807, 2.05) is 0 Å². The van der Waals surface area contributed by atoms with Gasteiger partial charge in [0.1, 0.15) is 5.82 Å². The third-order valence-electron chi connectivity index (χ3n) is 5.82. The van der Waals surface area contributed by atoms with Crippen molar-refractivity contribution >= 4 is 12.0 Å². The smallest absolute Gasteiger partial charge is 0.409 e. The number of rotatable bonds is 4. The van der Waals surface area contributed by atoms with Gasteiger partial charge in [0.2, 0.25) is 5.91 Å². The number of nitrogens with zero attached hydrogens (tertiary/aromatic N) is 1. The largest absolute Gasteiger partial charge is 0.450 e. The van der Waals surface area contributed by atoms with E-state index in [1.165, 1.54) is 12.1 Å². The molecule has 1 aliphatic carbocycles. The molecule has 2 aliphatic rings. The molecule has 1 aliphatic heterocycles. The summed E-state index contributed by atoms with van der Waals surface area (Å²) in [6.07, 6.45) is 1.89. The predicted molar refractivity (Wildman–Crippen MR) is 96.2 cm³/mol. The minimum Gasteiger partial charge on any atom is -0.450 e. The second-order valence-electron chi connectivity index (χ2n) is 7.91. The van der Waals surface area contributed by atoms with Gasteiger partial charge >= 0.3 is 6.09 Å². The Hall–Kier alpha value is -2.11. The van der Waals surface area contributed by atoms with Crippen LogP contribution < -0.4 is 5.32 Å². The number of amides is 2. The summed E-state index contributed by atoms with van der Waals surface area (Å²) in [6.45, 7) is 7.45. The molecule has 0 bridgehead atoms. The van der Waals surface area contributed by atoms with E-state index < -0.39 is 5.41 Å². The maximum absolute atomic E-state index is 13.3. The average Bonchev–Trinajstić information content (AvgIpc) is 3.20. The summed E-state index contributed by atoms with van der Waals surface area (Å²) in [4.78, 5) is 26.6. The highest BCUT2D eigenvalue weighted by molar-refractivity contribution is 5.93. The van der Waals surface area contributed by atoms with Crippen LogP contribution in [0.15, 0.2) is 24.3 Å². The number of hydrogen-bond acceptors (Lipinski definition) is 3. The molecule has 2 fully saturated rings. The van der Waals surface area contributed by atoms with Gasteiger partial charge in [-0.2, -0.15) is 0 Å². The maximum Gasteiger partial charge on any atom is 0.409 e. The number of nitrogens with one attached hydrogen (secondary N) is 1. The minimum absolute atomic E-state index is 0.00342. The Morgan fingerprint density at radius 1 is 1.23 bits per heavy atom. The Labute approximate surface area is 153 Å². The van der Waals surface area contributed by atoms with Gasteiger partial charge in [-0.05, 0) is 49.3 Å². The zero-order valence-corrected chi connectivity index (χ0v) is 15.7. The van der Waals surface area contributed by atoms with Crippen molar-refractivity contribution in [2.45, 2.75) is 51.5 Å². The molecule has 1 saturated carbocycles. The van der Waals surface area contributed by atoms with Gasteiger partial charge in [0.25, 0.3) is 0 Å². The number of hydrogen-bond donors (Lipinski definition) is 1. The SMILES string of the molecule is CCOC(=O)N1CCC(NC(=O)[C@]2(c3ccc(F)cc3)CC2(C)C)CC1. The lowest BCUT2D eigenvalue weighted by atomic mass is 9.86. The van der Waals surface area contributed by atoms with Gasteiger partial charge < -0.3 is 15.0 Å². The summed E-state index contributed by atoms with van der Waals surface area (Å²) >= 11 is 0. The molecular formula is C20H27FN2O3. The van der Waals surface area contributed by atoms with Gasteiger partial charge in [-0.25, -0.2) is 9.18 Å². The molecule has 1 heterocycles. The highest BCUT2D eigenvalue weighted by Crippen LogP contribution is 2.64. The van der Waals surface area contributed by atoms with Gasteiger partial charge in [0.05, 0.1) is 12.0 Å². The Bertz CT molecular complexity index is 681. The molecule has 3 rings (SSSR count). The standard InChI is InChI=1S/C20H27FN2O3/c1-4-26-18(25)23-11-9-16(10-12-23)22-17(24)20(13-19(20,2)3)14-5-7-15(21)8-6-14/h5-8,16H,4,9-13H2,1-3H3,(H,22,24)/t20-/m1/s1. The second-order valence-corrected chi connectivity index (χ2v) is 7.91. The van der Waals surface area contributed by atoms with Crippen molar-refractivity contribution in [3.05, 3.63) is 35.6 Å². The third-order valence-corrected chi connectivity index (χ3v) is 5.82. The van der Waals surface area contributed by atoms with E-state index in [-0.39, 0.29) is 29.3 Å². The van der Waals surface area contributed by atoms with Gasteiger partial charge in [-0.3, -0.25) is 4.79 Å². The predicted octanol–water partition coefficient (Wildman–Crippen LogP) is 3.23. The number of ether oxygens (including phenoxy) is 1.